The van der Waals surface area contributed by atoms with Crippen LogP contribution in [0.4, 0.5) is 0 Å². The number of aromatic nitrogens is 1. The maximum atomic E-state index is 13.4. The van der Waals surface area contributed by atoms with E-state index in [-0.39, 0.29) is 21.1 Å². The molecule has 5 heteroatoms. The Labute approximate surface area is 173 Å². The normalized spacial score (nSPS) is 12.1. The molecule has 0 aliphatic rings. The highest BCUT2D eigenvalue weighted by molar-refractivity contribution is 7.91. The summed E-state index contributed by atoms with van der Waals surface area (Å²) in [6.45, 7) is 11.9. The van der Waals surface area contributed by atoms with Crippen LogP contribution in [0, 0.1) is 20.8 Å². The number of ether oxygens (including phenoxy) is 1. The van der Waals surface area contributed by atoms with Crippen LogP contribution in [0.15, 0.2) is 64.4 Å². The second-order valence-electron chi connectivity index (χ2n) is 8.41. The van der Waals surface area contributed by atoms with Crippen LogP contribution in [0.2, 0.25) is 0 Å². The van der Waals surface area contributed by atoms with Gasteiger partial charge in [-0.05, 0) is 67.6 Å². The molecule has 0 saturated carbocycles. The number of hydrogen-bond acceptors (Lipinski definition) is 4. The van der Waals surface area contributed by atoms with E-state index in [0.29, 0.717) is 17.0 Å². The first-order chi connectivity index (χ1) is 13.5. The van der Waals surface area contributed by atoms with E-state index in [4.69, 9.17) is 4.74 Å². The monoisotopic (exact) mass is 409 g/mol. The van der Waals surface area contributed by atoms with Gasteiger partial charge in [-0.3, -0.25) is 0 Å². The molecule has 0 bridgehead atoms. The first kappa shape index (κ1) is 21.1. The molecule has 0 amide bonds. The zero-order valence-corrected chi connectivity index (χ0v) is 18.6. The lowest BCUT2D eigenvalue weighted by Gasteiger charge is -2.19. The average Bonchev–Trinajstić information content (AvgIpc) is 2.61. The summed E-state index contributed by atoms with van der Waals surface area (Å²) in [5, 5.41) is 0. The highest BCUT2D eigenvalue weighted by Crippen LogP contribution is 2.35. The molecule has 152 valence electrons. The zero-order chi connectivity index (χ0) is 21.4. The minimum atomic E-state index is -3.77. The molecule has 0 N–H and O–H groups in total. The Balaban J connectivity index is 2.07. The smallest absolute Gasteiger partial charge is 0.239 e. The fourth-order valence-electron chi connectivity index (χ4n) is 3.16. The first-order valence-corrected chi connectivity index (χ1v) is 11.1. The van der Waals surface area contributed by atoms with Gasteiger partial charge in [0, 0.05) is 5.69 Å². The quantitative estimate of drug-likeness (QED) is 0.536. The maximum Gasteiger partial charge on any atom is 0.239 e. The van der Waals surface area contributed by atoms with Crippen molar-refractivity contribution in [1.29, 1.82) is 0 Å². The van der Waals surface area contributed by atoms with E-state index < -0.39 is 9.84 Å². The zero-order valence-electron chi connectivity index (χ0n) is 17.8. The Morgan fingerprint density at radius 2 is 1.45 bits per heavy atom. The van der Waals surface area contributed by atoms with Gasteiger partial charge in [0.05, 0.1) is 4.90 Å². The molecule has 1 heterocycles. The fourth-order valence-corrected chi connectivity index (χ4v) is 4.69. The number of rotatable bonds is 4. The van der Waals surface area contributed by atoms with Crippen molar-refractivity contribution < 1.29 is 13.2 Å². The van der Waals surface area contributed by atoms with E-state index >= 15 is 0 Å². The molecule has 0 aliphatic heterocycles. The molecule has 1 aromatic heterocycles. The second-order valence-corrected chi connectivity index (χ2v) is 10.3. The van der Waals surface area contributed by atoms with Crippen molar-refractivity contribution in [2.45, 2.75) is 56.7 Å². The van der Waals surface area contributed by atoms with E-state index in [2.05, 4.69) is 25.8 Å². The van der Waals surface area contributed by atoms with Gasteiger partial charge in [-0.2, -0.15) is 0 Å². The number of hydrogen-bond donors (Lipinski definition) is 0. The largest absolute Gasteiger partial charge is 0.438 e. The van der Waals surface area contributed by atoms with Gasteiger partial charge in [-0.1, -0.05) is 50.6 Å². The molecule has 0 saturated heterocycles. The molecule has 3 aromatic rings. The number of sulfone groups is 1. The number of benzene rings is 2. The molecule has 2 aromatic carbocycles. The van der Waals surface area contributed by atoms with Gasteiger partial charge >= 0.3 is 0 Å². The summed E-state index contributed by atoms with van der Waals surface area (Å²) < 4.78 is 32.7. The minimum absolute atomic E-state index is 0.0244. The molecule has 29 heavy (non-hydrogen) atoms. The summed E-state index contributed by atoms with van der Waals surface area (Å²) in [5.74, 6) is 0.655. The Bertz CT molecular complexity index is 1120. The van der Waals surface area contributed by atoms with Crippen LogP contribution in [-0.4, -0.2) is 13.4 Å². The number of pyridine rings is 1. The molecule has 0 fully saturated rings. The highest BCUT2D eigenvalue weighted by atomic mass is 32.2. The Hall–Kier alpha value is -2.66. The van der Waals surface area contributed by atoms with Gasteiger partial charge in [-0.15, -0.1) is 0 Å². The van der Waals surface area contributed by atoms with Crippen molar-refractivity contribution in [2.75, 3.05) is 0 Å². The van der Waals surface area contributed by atoms with Crippen molar-refractivity contribution in [3.63, 3.8) is 0 Å². The lowest BCUT2D eigenvalue weighted by Crippen LogP contribution is -2.11. The molecule has 0 radical (unpaired) electrons. The Morgan fingerprint density at radius 1 is 0.862 bits per heavy atom. The molecule has 0 atom stereocenters. The SMILES string of the molecule is Cc1ccc(S(=O)(=O)c2c(C)cc(C)nc2Oc2ccc(C(C)(C)C)cc2)cc1. The summed E-state index contributed by atoms with van der Waals surface area (Å²) in [6, 6.07) is 16.3. The molecular formula is C24H27NO3S. The molecule has 0 spiro atoms. The van der Waals surface area contributed by atoms with Gasteiger partial charge in [0.25, 0.3) is 0 Å². The summed E-state index contributed by atoms with van der Waals surface area (Å²) >= 11 is 0. The van der Waals surface area contributed by atoms with E-state index in [9.17, 15) is 8.42 Å². The van der Waals surface area contributed by atoms with Crippen LogP contribution >= 0.6 is 0 Å². The number of aryl methyl sites for hydroxylation is 3. The van der Waals surface area contributed by atoms with Gasteiger partial charge in [0.15, 0.2) is 0 Å². The lowest BCUT2D eigenvalue weighted by atomic mass is 9.87. The molecule has 0 unspecified atom stereocenters. The summed E-state index contributed by atoms with van der Waals surface area (Å²) in [5.41, 5.74) is 3.51. The predicted molar refractivity (Wildman–Crippen MR) is 116 cm³/mol. The topological polar surface area (TPSA) is 56.3 Å². The third-order valence-electron chi connectivity index (χ3n) is 4.79. The van der Waals surface area contributed by atoms with Gasteiger partial charge in [-0.25, -0.2) is 13.4 Å². The predicted octanol–water partition coefficient (Wildman–Crippen LogP) is 5.93. The van der Waals surface area contributed by atoms with E-state index in [1.54, 1.807) is 37.3 Å². The van der Waals surface area contributed by atoms with Crippen molar-refractivity contribution >= 4 is 9.84 Å². The lowest BCUT2D eigenvalue weighted by molar-refractivity contribution is 0.444. The Kier molecular flexibility index (Phi) is 5.54. The number of nitrogens with zero attached hydrogens (tertiary/aromatic N) is 1. The Morgan fingerprint density at radius 3 is 2.00 bits per heavy atom. The maximum absolute atomic E-state index is 13.4. The van der Waals surface area contributed by atoms with Crippen LogP contribution in [0.25, 0.3) is 0 Å². The second kappa shape index (κ2) is 7.64. The molecule has 3 rings (SSSR count). The standard InChI is InChI=1S/C24H27NO3S/c1-16-7-13-21(14-8-16)29(26,27)22-17(2)15-18(3)25-23(22)28-20-11-9-19(10-12-20)24(4,5)6/h7-15H,1-6H3. The third-order valence-corrected chi connectivity index (χ3v) is 6.72. The average molecular weight is 410 g/mol. The minimum Gasteiger partial charge on any atom is -0.438 e. The summed E-state index contributed by atoms with van der Waals surface area (Å²) in [6.07, 6.45) is 0. The van der Waals surface area contributed by atoms with Crippen LogP contribution in [-0.2, 0) is 15.3 Å². The van der Waals surface area contributed by atoms with E-state index in [1.165, 1.54) is 5.56 Å². The molecular weight excluding hydrogens is 382 g/mol. The van der Waals surface area contributed by atoms with Crippen molar-refractivity contribution in [3.05, 3.63) is 77.0 Å². The van der Waals surface area contributed by atoms with Crippen LogP contribution in [0.3, 0.4) is 0 Å². The molecule has 4 nitrogen and oxygen atoms in total. The summed E-state index contributed by atoms with van der Waals surface area (Å²) in [4.78, 5) is 4.74. The fraction of sp³-hybridized carbons (Fsp3) is 0.292. The molecule has 0 aliphatic carbocycles. The van der Waals surface area contributed by atoms with E-state index in [1.807, 2.05) is 38.1 Å². The highest BCUT2D eigenvalue weighted by Gasteiger charge is 2.27. The van der Waals surface area contributed by atoms with Gasteiger partial charge in [0.2, 0.25) is 15.7 Å². The van der Waals surface area contributed by atoms with Crippen molar-refractivity contribution in [3.8, 4) is 11.6 Å². The van der Waals surface area contributed by atoms with Crippen LogP contribution < -0.4 is 4.74 Å². The first-order valence-electron chi connectivity index (χ1n) is 9.57. The summed E-state index contributed by atoms with van der Waals surface area (Å²) in [7, 11) is -3.77. The van der Waals surface area contributed by atoms with Crippen LogP contribution in [0.1, 0.15) is 43.2 Å². The van der Waals surface area contributed by atoms with Crippen molar-refractivity contribution in [2.24, 2.45) is 0 Å². The van der Waals surface area contributed by atoms with Crippen molar-refractivity contribution in [1.82, 2.24) is 4.98 Å². The third kappa shape index (κ3) is 4.51. The van der Waals surface area contributed by atoms with Gasteiger partial charge < -0.3 is 4.74 Å². The van der Waals surface area contributed by atoms with Gasteiger partial charge in [0.1, 0.15) is 10.6 Å². The van der Waals surface area contributed by atoms with Crippen LogP contribution in [0.5, 0.6) is 11.6 Å². The van der Waals surface area contributed by atoms with E-state index in [0.717, 1.165) is 5.56 Å².